The summed E-state index contributed by atoms with van der Waals surface area (Å²) in [5, 5.41) is 17.8. The van der Waals surface area contributed by atoms with Gasteiger partial charge >= 0.3 is 0 Å². The third-order valence-electron chi connectivity index (χ3n) is 3.74. The average Bonchev–Trinajstić information content (AvgIpc) is 2.85. The van der Waals surface area contributed by atoms with Crippen LogP contribution in [0.4, 0.5) is 0 Å². The van der Waals surface area contributed by atoms with Crippen LogP contribution >= 0.6 is 0 Å². The van der Waals surface area contributed by atoms with Gasteiger partial charge in [-0.1, -0.05) is 32.0 Å². The molecule has 4 nitrogen and oxygen atoms in total. The predicted molar refractivity (Wildman–Crippen MR) is 68.4 cm³/mol. The summed E-state index contributed by atoms with van der Waals surface area (Å²) in [6.45, 7) is 4.38. The van der Waals surface area contributed by atoms with E-state index in [0.29, 0.717) is 17.2 Å². The minimum Gasteiger partial charge on any atom is -0.388 e. The molecule has 1 aliphatic carbocycles. The van der Waals surface area contributed by atoms with Crippen molar-refractivity contribution in [3.05, 3.63) is 42.0 Å². The van der Waals surface area contributed by atoms with Crippen molar-refractivity contribution in [2.24, 2.45) is 5.41 Å². The summed E-state index contributed by atoms with van der Waals surface area (Å²) < 4.78 is 1.99. The molecule has 0 aliphatic heterocycles. The molecule has 0 amide bonds. The van der Waals surface area contributed by atoms with Crippen LogP contribution in [-0.4, -0.2) is 19.9 Å². The smallest absolute Gasteiger partial charge is 0.163 e. The molecule has 18 heavy (non-hydrogen) atoms. The zero-order valence-electron chi connectivity index (χ0n) is 10.7. The van der Waals surface area contributed by atoms with E-state index in [2.05, 4.69) is 24.0 Å². The lowest BCUT2D eigenvalue weighted by Gasteiger charge is -2.10. The largest absolute Gasteiger partial charge is 0.388 e. The molecule has 0 bridgehead atoms. The van der Waals surface area contributed by atoms with E-state index in [0.717, 1.165) is 17.9 Å². The molecule has 1 N–H and O–H groups in total. The fourth-order valence-corrected chi connectivity index (χ4v) is 2.42. The minimum absolute atomic E-state index is 0.0883. The Kier molecular flexibility index (Phi) is 2.48. The minimum atomic E-state index is -0.0883. The summed E-state index contributed by atoms with van der Waals surface area (Å²) in [5.41, 5.74) is 1.32. The van der Waals surface area contributed by atoms with Crippen LogP contribution in [0.25, 0.3) is 5.69 Å². The Morgan fingerprint density at radius 3 is 2.50 bits per heavy atom. The third kappa shape index (κ3) is 1.73. The molecule has 0 saturated heterocycles. The number of rotatable bonds is 3. The van der Waals surface area contributed by atoms with E-state index in [9.17, 15) is 5.11 Å². The summed E-state index contributed by atoms with van der Waals surface area (Å²) in [6, 6.07) is 9.98. The van der Waals surface area contributed by atoms with Crippen molar-refractivity contribution in [1.82, 2.24) is 14.8 Å². The van der Waals surface area contributed by atoms with Crippen LogP contribution in [0.5, 0.6) is 0 Å². The summed E-state index contributed by atoms with van der Waals surface area (Å²) in [5.74, 6) is 2.01. The number of benzene rings is 1. The molecule has 0 spiro atoms. The molecule has 1 fully saturated rings. The van der Waals surface area contributed by atoms with E-state index >= 15 is 0 Å². The van der Waals surface area contributed by atoms with Crippen molar-refractivity contribution in [3.63, 3.8) is 0 Å². The number of para-hydroxylation sites is 1. The Labute approximate surface area is 106 Å². The normalized spacial score (nSPS) is 20.9. The van der Waals surface area contributed by atoms with Crippen LogP contribution in [0.3, 0.4) is 0 Å². The first kappa shape index (κ1) is 11.4. The zero-order chi connectivity index (χ0) is 12.8. The Balaban J connectivity index is 2.09. The van der Waals surface area contributed by atoms with Gasteiger partial charge in [-0.15, -0.1) is 10.2 Å². The maximum atomic E-state index is 9.40. The van der Waals surface area contributed by atoms with Gasteiger partial charge in [0.15, 0.2) is 5.82 Å². The second-order valence-electron chi connectivity index (χ2n) is 5.55. The van der Waals surface area contributed by atoms with Gasteiger partial charge in [0.25, 0.3) is 0 Å². The Morgan fingerprint density at radius 2 is 1.94 bits per heavy atom. The molecule has 4 heteroatoms. The lowest BCUT2D eigenvalue weighted by molar-refractivity contribution is 0.268. The van der Waals surface area contributed by atoms with Crippen molar-refractivity contribution >= 4 is 0 Å². The number of hydrogen-bond donors (Lipinski definition) is 1. The molecular formula is C14H17N3O. The topological polar surface area (TPSA) is 50.9 Å². The Hall–Kier alpha value is -1.68. The van der Waals surface area contributed by atoms with Crippen molar-refractivity contribution in [2.75, 3.05) is 0 Å². The van der Waals surface area contributed by atoms with Gasteiger partial charge in [0.05, 0.1) is 0 Å². The van der Waals surface area contributed by atoms with E-state index in [1.165, 1.54) is 0 Å². The number of hydrogen-bond acceptors (Lipinski definition) is 3. The van der Waals surface area contributed by atoms with Crippen molar-refractivity contribution in [1.29, 1.82) is 0 Å². The maximum Gasteiger partial charge on any atom is 0.163 e. The summed E-state index contributed by atoms with van der Waals surface area (Å²) in [6.07, 6.45) is 1.13. The SMILES string of the molecule is CC1(C)CC1c1nnc(CO)n1-c1ccccc1. The van der Waals surface area contributed by atoms with E-state index in [1.54, 1.807) is 0 Å². The first-order valence-electron chi connectivity index (χ1n) is 6.24. The van der Waals surface area contributed by atoms with Crippen LogP contribution in [0, 0.1) is 5.41 Å². The van der Waals surface area contributed by atoms with Gasteiger partial charge in [-0.2, -0.15) is 0 Å². The summed E-state index contributed by atoms with van der Waals surface area (Å²) in [4.78, 5) is 0. The molecular weight excluding hydrogens is 226 g/mol. The third-order valence-corrected chi connectivity index (χ3v) is 3.74. The van der Waals surface area contributed by atoms with Gasteiger partial charge in [-0.05, 0) is 24.0 Å². The van der Waals surface area contributed by atoms with Crippen molar-refractivity contribution in [3.8, 4) is 5.69 Å². The lowest BCUT2D eigenvalue weighted by atomic mass is 10.1. The molecule has 1 saturated carbocycles. The first-order valence-corrected chi connectivity index (χ1v) is 6.24. The van der Waals surface area contributed by atoms with E-state index < -0.39 is 0 Å². The van der Waals surface area contributed by atoms with Crippen LogP contribution < -0.4 is 0 Å². The highest BCUT2D eigenvalue weighted by Crippen LogP contribution is 2.58. The number of aliphatic hydroxyl groups is 1. The second-order valence-corrected chi connectivity index (χ2v) is 5.55. The number of aliphatic hydroxyl groups excluding tert-OH is 1. The highest BCUT2D eigenvalue weighted by atomic mass is 16.3. The van der Waals surface area contributed by atoms with E-state index in [1.807, 2.05) is 34.9 Å². The summed E-state index contributed by atoms with van der Waals surface area (Å²) in [7, 11) is 0. The Morgan fingerprint density at radius 1 is 1.28 bits per heavy atom. The fourth-order valence-electron chi connectivity index (χ4n) is 2.42. The van der Waals surface area contributed by atoms with Gasteiger partial charge in [-0.3, -0.25) is 4.57 Å². The highest BCUT2D eigenvalue weighted by molar-refractivity contribution is 5.36. The molecule has 2 aromatic rings. The molecule has 1 atom stereocenters. The lowest BCUT2D eigenvalue weighted by Crippen LogP contribution is -2.06. The van der Waals surface area contributed by atoms with Crippen LogP contribution in [0.2, 0.25) is 0 Å². The molecule has 3 rings (SSSR count). The first-order chi connectivity index (χ1) is 8.63. The zero-order valence-corrected chi connectivity index (χ0v) is 10.7. The Bertz CT molecular complexity index is 560. The number of aromatic nitrogens is 3. The molecule has 1 unspecified atom stereocenters. The molecule has 1 aliphatic rings. The van der Waals surface area contributed by atoms with Gasteiger partial charge in [0.1, 0.15) is 12.4 Å². The fraction of sp³-hybridized carbons (Fsp3) is 0.429. The van der Waals surface area contributed by atoms with Crippen molar-refractivity contribution < 1.29 is 5.11 Å². The van der Waals surface area contributed by atoms with Gasteiger partial charge < -0.3 is 5.11 Å². The van der Waals surface area contributed by atoms with E-state index in [-0.39, 0.29) is 6.61 Å². The quantitative estimate of drug-likeness (QED) is 0.899. The van der Waals surface area contributed by atoms with Gasteiger partial charge in [-0.25, -0.2) is 0 Å². The van der Waals surface area contributed by atoms with Crippen LogP contribution in [0.15, 0.2) is 30.3 Å². The van der Waals surface area contributed by atoms with Crippen LogP contribution in [-0.2, 0) is 6.61 Å². The monoisotopic (exact) mass is 243 g/mol. The standard InChI is InChI=1S/C14H17N3O/c1-14(2)8-11(14)13-16-15-12(9-18)17(13)10-6-4-3-5-7-10/h3-7,11,18H,8-9H2,1-2H3. The maximum absolute atomic E-state index is 9.40. The van der Waals surface area contributed by atoms with Gasteiger partial charge in [0, 0.05) is 11.6 Å². The molecule has 0 radical (unpaired) electrons. The average molecular weight is 243 g/mol. The van der Waals surface area contributed by atoms with Crippen molar-refractivity contribution in [2.45, 2.75) is 32.8 Å². The molecule has 1 aromatic carbocycles. The van der Waals surface area contributed by atoms with Crippen LogP contribution in [0.1, 0.15) is 37.8 Å². The summed E-state index contributed by atoms with van der Waals surface area (Å²) >= 11 is 0. The molecule has 94 valence electrons. The predicted octanol–water partition coefficient (Wildman–Crippen LogP) is 2.27. The van der Waals surface area contributed by atoms with Gasteiger partial charge in [0.2, 0.25) is 0 Å². The number of nitrogens with zero attached hydrogens (tertiary/aromatic N) is 3. The second kappa shape index (κ2) is 3.92. The molecule has 1 aromatic heterocycles. The van der Waals surface area contributed by atoms with E-state index in [4.69, 9.17) is 0 Å². The highest BCUT2D eigenvalue weighted by Gasteiger charge is 2.49. The molecule has 1 heterocycles.